The Morgan fingerprint density at radius 1 is 1.05 bits per heavy atom. The molecule has 4 rings (SSSR count). The maximum Gasteiger partial charge on any atom is 0.220 e. The van der Waals surface area contributed by atoms with Gasteiger partial charge >= 0.3 is 0 Å². The van der Waals surface area contributed by atoms with Gasteiger partial charge in [0.15, 0.2) is 0 Å². The summed E-state index contributed by atoms with van der Waals surface area (Å²) < 4.78 is 5.78. The molecule has 0 spiro atoms. The van der Waals surface area contributed by atoms with Crippen molar-refractivity contribution in [2.75, 3.05) is 0 Å². The number of aliphatic hydroxyl groups is 1. The summed E-state index contributed by atoms with van der Waals surface area (Å²) in [5, 5.41) is 35.0. The molecule has 8 nitrogen and oxygen atoms in total. The zero-order chi connectivity index (χ0) is 28.0. The first-order chi connectivity index (χ1) is 17.7. The lowest BCUT2D eigenvalue weighted by Gasteiger charge is -2.61. The Kier molecular flexibility index (Phi) is 7.60. The van der Waals surface area contributed by atoms with Gasteiger partial charge in [0.2, 0.25) is 12.2 Å². The number of fused-ring (bicyclic) bond motifs is 5. The second-order valence-electron chi connectivity index (χ2n) is 13.0. The van der Waals surface area contributed by atoms with Gasteiger partial charge in [0, 0.05) is 24.8 Å². The molecule has 0 saturated heterocycles. The topological polar surface area (TPSA) is 139 Å². The molecule has 1 amide bonds. The second-order valence-corrected chi connectivity index (χ2v) is 13.0. The molecule has 0 aromatic heterocycles. The lowest BCUT2D eigenvalue weighted by molar-refractivity contribution is -0.308. The number of nitrogens with one attached hydrogen (secondary N) is 1. The fourth-order valence-electron chi connectivity index (χ4n) is 8.62. The molecule has 3 aliphatic carbocycles. The normalized spacial score (nSPS) is 30.8. The van der Waals surface area contributed by atoms with Crippen molar-refractivity contribution >= 4 is 17.8 Å². The minimum Gasteiger partial charge on any atom is -0.550 e. The summed E-state index contributed by atoms with van der Waals surface area (Å²) in [5.74, 6) is -1.99. The quantitative estimate of drug-likeness (QED) is 0.468. The summed E-state index contributed by atoms with van der Waals surface area (Å²) >= 11 is 0. The Morgan fingerprint density at radius 3 is 2.42 bits per heavy atom. The van der Waals surface area contributed by atoms with Gasteiger partial charge in [0.05, 0.1) is 6.04 Å². The average molecular weight is 528 g/mol. The zero-order valence-electron chi connectivity index (χ0n) is 23.2. The Balaban J connectivity index is 1.56. The predicted molar refractivity (Wildman–Crippen MR) is 137 cm³/mol. The van der Waals surface area contributed by atoms with Crippen molar-refractivity contribution < 1.29 is 34.4 Å². The fraction of sp³-hybridized carbons (Fsp3) is 0.700. The Morgan fingerprint density at radius 2 is 1.76 bits per heavy atom. The van der Waals surface area contributed by atoms with E-state index in [-0.39, 0.29) is 10.8 Å². The fourth-order valence-corrected chi connectivity index (χ4v) is 8.62. The summed E-state index contributed by atoms with van der Waals surface area (Å²) in [5.41, 5.74) is 4.31. The molecule has 0 bridgehead atoms. The lowest BCUT2D eigenvalue weighted by Crippen LogP contribution is -2.55. The zero-order valence-corrected chi connectivity index (χ0v) is 23.2. The summed E-state index contributed by atoms with van der Waals surface area (Å²) in [4.78, 5) is 34.0. The van der Waals surface area contributed by atoms with Crippen LogP contribution >= 0.6 is 0 Å². The van der Waals surface area contributed by atoms with E-state index in [9.17, 15) is 29.7 Å². The van der Waals surface area contributed by atoms with Crippen LogP contribution in [0.5, 0.6) is 5.75 Å². The number of hydrogen-bond donors (Lipinski definition) is 2. The number of carboxylic acids is 2. The van der Waals surface area contributed by atoms with Crippen molar-refractivity contribution in [1.82, 2.24) is 5.32 Å². The van der Waals surface area contributed by atoms with Gasteiger partial charge in [-0.3, -0.25) is 4.79 Å². The van der Waals surface area contributed by atoms with Crippen LogP contribution in [0.3, 0.4) is 0 Å². The van der Waals surface area contributed by atoms with E-state index in [4.69, 9.17) is 4.74 Å². The Labute approximate surface area is 225 Å². The van der Waals surface area contributed by atoms with E-state index >= 15 is 0 Å². The molecular weight excluding hydrogens is 486 g/mol. The highest BCUT2D eigenvalue weighted by atomic mass is 16.6. The van der Waals surface area contributed by atoms with Gasteiger partial charge in [-0.1, -0.05) is 34.1 Å². The molecule has 6 atom stereocenters. The largest absolute Gasteiger partial charge is 0.550 e. The highest BCUT2D eigenvalue weighted by molar-refractivity contribution is 5.80. The first-order valence-corrected chi connectivity index (χ1v) is 13.8. The third kappa shape index (κ3) is 5.16. The van der Waals surface area contributed by atoms with E-state index < -0.39 is 49.4 Å². The van der Waals surface area contributed by atoms with Crippen molar-refractivity contribution in [3.63, 3.8) is 0 Å². The number of carboxylic acid groups (broad SMARTS) is 2. The number of hydrogen-bond acceptors (Lipinski definition) is 7. The van der Waals surface area contributed by atoms with Gasteiger partial charge in [0.25, 0.3) is 0 Å². The molecule has 2 saturated carbocycles. The summed E-state index contributed by atoms with van der Waals surface area (Å²) in [6.07, 6.45) is 3.81. The minimum absolute atomic E-state index is 0.0692. The SMILES string of the molecule is Cc1cc(OC(O)C(CC(=O)[O-])NC(=O)CCC(=O)[O-])cc2c1[C@]1(C)CCC3C(C)(C)CCC[C@]3(C)[C@H]1C2. The standard InChI is InChI=1S/C30H43NO7/c1-17-13-19(38-27(37)20(16-25(35)36)31-23(32)7-8-24(33)34)14-18-15-22-29(4)11-6-10-28(2,3)21(29)9-12-30(22,5)26(17)18/h13-14,20-22,27,37H,6-12,15-16H2,1-5H3,(H,31,32)(H,33,34)(H,35,36)/p-2/t20?,21?,22-,27?,29+,30-/m1/s1. The lowest BCUT2D eigenvalue weighted by atomic mass is 9.43. The van der Waals surface area contributed by atoms with Gasteiger partial charge in [-0.05, 0) is 102 Å². The number of carbonyl (C=O) groups is 3. The van der Waals surface area contributed by atoms with Crippen LogP contribution in [-0.2, 0) is 26.2 Å². The van der Waals surface area contributed by atoms with Crippen molar-refractivity contribution in [1.29, 1.82) is 0 Å². The molecule has 3 unspecified atom stereocenters. The molecule has 2 fully saturated rings. The summed E-state index contributed by atoms with van der Waals surface area (Å²) in [7, 11) is 0. The van der Waals surface area contributed by atoms with Gasteiger partial charge in [-0.25, -0.2) is 0 Å². The van der Waals surface area contributed by atoms with E-state index in [1.807, 2.05) is 12.1 Å². The smallest absolute Gasteiger partial charge is 0.220 e. The first kappa shape index (κ1) is 28.4. The molecular formula is C30H41NO7-2. The van der Waals surface area contributed by atoms with Crippen molar-refractivity contribution in [3.8, 4) is 5.75 Å². The highest BCUT2D eigenvalue weighted by Crippen LogP contribution is 2.67. The number of rotatable bonds is 9. The molecule has 0 aliphatic heterocycles. The number of aliphatic hydroxyl groups excluding tert-OH is 1. The first-order valence-electron chi connectivity index (χ1n) is 13.8. The summed E-state index contributed by atoms with van der Waals surface area (Å²) in [6.45, 7) is 11.8. The number of benzene rings is 1. The van der Waals surface area contributed by atoms with Crippen LogP contribution in [0, 0.1) is 29.6 Å². The van der Waals surface area contributed by atoms with Gasteiger partial charge in [0.1, 0.15) is 5.75 Å². The molecule has 0 heterocycles. The third-order valence-electron chi connectivity index (χ3n) is 10.1. The van der Waals surface area contributed by atoms with Gasteiger partial charge < -0.3 is 35.0 Å². The summed E-state index contributed by atoms with van der Waals surface area (Å²) in [6, 6.07) is 2.53. The molecule has 2 N–H and O–H groups in total. The molecule has 0 radical (unpaired) electrons. The van der Waals surface area contributed by atoms with E-state index in [0.717, 1.165) is 18.4 Å². The molecule has 38 heavy (non-hydrogen) atoms. The predicted octanol–water partition coefficient (Wildman–Crippen LogP) is 1.90. The van der Waals surface area contributed by atoms with Crippen LogP contribution in [0.25, 0.3) is 0 Å². The van der Waals surface area contributed by atoms with Gasteiger partial charge in [-0.15, -0.1) is 0 Å². The van der Waals surface area contributed by atoms with E-state index in [2.05, 4.69) is 39.9 Å². The van der Waals surface area contributed by atoms with E-state index in [0.29, 0.717) is 23.0 Å². The molecule has 210 valence electrons. The van der Waals surface area contributed by atoms with Crippen LogP contribution in [-0.4, -0.2) is 35.3 Å². The maximum absolute atomic E-state index is 12.1. The Bertz CT molecular complexity index is 1110. The van der Waals surface area contributed by atoms with E-state index in [1.54, 1.807) is 0 Å². The van der Waals surface area contributed by atoms with Gasteiger partial charge in [-0.2, -0.15) is 0 Å². The minimum atomic E-state index is -1.66. The van der Waals surface area contributed by atoms with Crippen molar-refractivity contribution in [3.05, 3.63) is 28.8 Å². The monoisotopic (exact) mass is 527 g/mol. The maximum atomic E-state index is 12.1. The number of amides is 1. The molecule has 3 aliphatic rings. The van der Waals surface area contributed by atoms with Crippen LogP contribution < -0.4 is 20.3 Å². The second kappa shape index (κ2) is 10.2. The van der Waals surface area contributed by atoms with Crippen LogP contribution in [0.1, 0.15) is 95.8 Å². The molecule has 1 aromatic rings. The number of aryl methyl sites for hydroxylation is 1. The molecule has 8 heteroatoms. The van der Waals surface area contributed by atoms with E-state index in [1.165, 1.54) is 36.8 Å². The number of ether oxygens (including phenoxy) is 1. The number of aliphatic carboxylic acids is 2. The Hall–Kier alpha value is -2.61. The van der Waals surface area contributed by atoms with Crippen molar-refractivity contribution in [2.24, 2.45) is 22.7 Å². The number of carbonyl (C=O) groups excluding carboxylic acids is 3. The molecule has 1 aromatic carbocycles. The third-order valence-corrected chi connectivity index (χ3v) is 10.1. The van der Waals surface area contributed by atoms with Crippen molar-refractivity contribution in [2.45, 2.75) is 110 Å². The van der Waals surface area contributed by atoms with Crippen LogP contribution in [0.2, 0.25) is 0 Å². The highest BCUT2D eigenvalue weighted by Gasteiger charge is 2.61. The average Bonchev–Trinajstić information content (AvgIpc) is 3.10. The van der Waals surface area contributed by atoms with Crippen LogP contribution in [0.15, 0.2) is 12.1 Å². The van der Waals surface area contributed by atoms with Crippen LogP contribution in [0.4, 0.5) is 0 Å².